The average Bonchev–Trinajstić information content (AvgIpc) is 3.00. The first kappa shape index (κ1) is 11.9. The monoisotopic (exact) mass is 235 g/mol. The second-order valence-electron chi connectivity index (χ2n) is 4.38. The third-order valence-electron chi connectivity index (χ3n) is 2.82. The molecule has 5 nitrogen and oxygen atoms in total. The minimum atomic E-state index is -0.815. The zero-order valence-corrected chi connectivity index (χ0v) is 9.75. The lowest BCUT2D eigenvalue weighted by molar-refractivity contribution is -0.138. The van der Waals surface area contributed by atoms with Gasteiger partial charge in [0.25, 0.3) is 0 Å². The number of aliphatic carboxylic acids is 1. The number of hydrogen-bond acceptors (Lipinski definition) is 3. The molecule has 1 aromatic rings. The van der Waals surface area contributed by atoms with E-state index in [9.17, 15) is 4.79 Å². The van der Waals surface area contributed by atoms with Crippen molar-refractivity contribution in [2.45, 2.75) is 25.4 Å². The van der Waals surface area contributed by atoms with Crippen molar-refractivity contribution >= 4 is 5.97 Å². The molecule has 0 spiro atoms. The van der Waals surface area contributed by atoms with Crippen LogP contribution in [0.15, 0.2) is 25.2 Å². The second kappa shape index (κ2) is 5.14. The molecule has 17 heavy (non-hydrogen) atoms. The number of carboxylic acid groups (broad SMARTS) is 1. The molecule has 0 unspecified atom stereocenters. The highest BCUT2D eigenvalue weighted by Crippen LogP contribution is 2.35. The average molecular weight is 235 g/mol. The lowest BCUT2D eigenvalue weighted by atomic mass is 10.3. The van der Waals surface area contributed by atoms with Gasteiger partial charge in [0, 0.05) is 25.3 Å². The number of imidazole rings is 1. The zero-order chi connectivity index (χ0) is 12.3. The summed E-state index contributed by atoms with van der Waals surface area (Å²) < 4.78 is 2.15. The van der Waals surface area contributed by atoms with Gasteiger partial charge in [0.1, 0.15) is 0 Å². The number of rotatable bonds is 7. The predicted octanol–water partition coefficient (Wildman–Crippen LogP) is 1.29. The van der Waals surface area contributed by atoms with E-state index in [0.717, 1.165) is 5.69 Å². The summed E-state index contributed by atoms with van der Waals surface area (Å²) in [6, 6.07) is 0.572. The topological polar surface area (TPSA) is 58.4 Å². The van der Waals surface area contributed by atoms with Crippen molar-refractivity contribution in [1.82, 2.24) is 14.5 Å². The molecule has 0 amide bonds. The van der Waals surface area contributed by atoms with E-state index in [1.807, 2.05) is 17.4 Å². The van der Waals surface area contributed by atoms with Gasteiger partial charge in [-0.1, -0.05) is 6.08 Å². The smallest absolute Gasteiger partial charge is 0.317 e. The van der Waals surface area contributed by atoms with Crippen LogP contribution in [0.2, 0.25) is 0 Å². The maximum Gasteiger partial charge on any atom is 0.317 e. The van der Waals surface area contributed by atoms with E-state index in [2.05, 4.69) is 16.1 Å². The molecule has 1 N–H and O–H groups in total. The minimum absolute atomic E-state index is 0.0296. The molecule has 92 valence electrons. The summed E-state index contributed by atoms with van der Waals surface area (Å²) in [6.45, 7) is 4.86. The summed E-state index contributed by atoms with van der Waals surface area (Å²) in [7, 11) is 0. The van der Waals surface area contributed by atoms with E-state index in [0.29, 0.717) is 19.1 Å². The summed E-state index contributed by atoms with van der Waals surface area (Å²) in [5.41, 5.74) is 1.08. The third-order valence-corrected chi connectivity index (χ3v) is 2.82. The number of carboxylic acids is 1. The fraction of sp³-hybridized carbons (Fsp3) is 0.500. The summed E-state index contributed by atoms with van der Waals surface area (Å²) in [4.78, 5) is 16.7. The van der Waals surface area contributed by atoms with E-state index >= 15 is 0 Å². The normalized spacial score (nSPS) is 15.1. The van der Waals surface area contributed by atoms with Crippen molar-refractivity contribution in [2.75, 3.05) is 13.1 Å². The molecular weight excluding hydrogens is 218 g/mol. The first-order valence-corrected chi connectivity index (χ1v) is 5.76. The summed E-state index contributed by atoms with van der Waals surface area (Å²) in [5.74, 6) is -0.815. The van der Waals surface area contributed by atoms with Crippen molar-refractivity contribution in [3.63, 3.8) is 0 Å². The van der Waals surface area contributed by atoms with E-state index in [1.165, 1.54) is 12.8 Å². The summed E-state index contributed by atoms with van der Waals surface area (Å²) >= 11 is 0. The number of nitrogens with zero attached hydrogens (tertiary/aromatic N) is 3. The maximum atomic E-state index is 10.7. The highest BCUT2D eigenvalue weighted by Gasteiger charge is 2.25. The third kappa shape index (κ3) is 3.17. The van der Waals surface area contributed by atoms with Crippen molar-refractivity contribution < 1.29 is 9.90 Å². The largest absolute Gasteiger partial charge is 0.480 e. The van der Waals surface area contributed by atoms with Gasteiger partial charge in [-0.3, -0.25) is 9.69 Å². The Kier molecular flexibility index (Phi) is 3.58. The highest BCUT2D eigenvalue weighted by atomic mass is 16.4. The lowest BCUT2D eigenvalue weighted by Gasteiger charge is -2.19. The van der Waals surface area contributed by atoms with Crippen LogP contribution >= 0.6 is 0 Å². The molecule has 1 heterocycles. The molecule has 0 aromatic carbocycles. The van der Waals surface area contributed by atoms with Crippen molar-refractivity contribution in [3.05, 3.63) is 30.9 Å². The molecule has 5 heteroatoms. The van der Waals surface area contributed by atoms with E-state index in [1.54, 1.807) is 6.08 Å². The zero-order valence-electron chi connectivity index (χ0n) is 9.75. The van der Waals surface area contributed by atoms with Crippen molar-refractivity contribution in [2.24, 2.45) is 0 Å². The molecule has 0 aliphatic heterocycles. The first-order chi connectivity index (χ1) is 8.20. The Morgan fingerprint density at radius 2 is 2.47 bits per heavy atom. The Bertz CT molecular complexity index is 410. The molecule has 0 saturated heterocycles. The van der Waals surface area contributed by atoms with Gasteiger partial charge in [-0.05, 0) is 12.8 Å². The van der Waals surface area contributed by atoms with Crippen LogP contribution in [0, 0.1) is 0 Å². The molecule has 1 aromatic heterocycles. The summed E-state index contributed by atoms with van der Waals surface area (Å²) in [6.07, 6.45) is 7.77. The molecule has 0 bridgehead atoms. The molecule has 0 radical (unpaired) electrons. The second-order valence-corrected chi connectivity index (χ2v) is 4.38. The Hall–Kier alpha value is -1.62. The number of carbonyl (C=O) groups is 1. The summed E-state index contributed by atoms with van der Waals surface area (Å²) in [5, 5.41) is 8.83. The van der Waals surface area contributed by atoms with Gasteiger partial charge < -0.3 is 9.67 Å². The van der Waals surface area contributed by atoms with Crippen LogP contribution in [0.25, 0.3) is 0 Å². The first-order valence-electron chi connectivity index (χ1n) is 5.76. The highest BCUT2D eigenvalue weighted by molar-refractivity contribution is 5.69. The molecular formula is C12H17N3O2. The van der Waals surface area contributed by atoms with Crippen LogP contribution in [0.4, 0.5) is 0 Å². The predicted molar refractivity (Wildman–Crippen MR) is 63.6 cm³/mol. The molecule has 0 atom stereocenters. The van der Waals surface area contributed by atoms with Gasteiger partial charge in [-0.15, -0.1) is 6.58 Å². The van der Waals surface area contributed by atoms with Gasteiger partial charge in [-0.2, -0.15) is 0 Å². The van der Waals surface area contributed by atoms with Gasteiger partial charge in [0.05, 0.1) is 18.6 Å². The molecule has 1 aliphatic rings. The number of aromatic nitrogens is 2. The molecule has 1 saturated carbocycles. The molecule has 2 rings (SSSR count). The quantitative estimate of drug-likeness (QED) is 0.723. The molecule has 1 fully saturated rings. The SMILES string of the molecule is C=CCN(CC(=O)O)Cc1cncn1C1CC1. The van der Waals surface area contributed by atoms with Crippen LogP contribution < -0.4 is 0 Å². The van der Waals surface area contributed by atoms with Crippen LogP contribution in [-0.2, 0) is 11.3 Å². The molecule has 1 aliphatic carbocycles. The van der Waals surface area contributed by atoms with E-state index < -0.39 is 5.97 Å². The fourth-order valence-electron chi connectivity index (χ4n) is 1.92. The van der Waals surface area contributed by atoms with Gasteiger partial charge in [0.2, 0.25) is 0 Å². The van der Waals surface area contributed by atoms with Gasteiger partial charge in [-0.25, -0.2) is 4.98 Å². The van der Waals surface area contributed by atoms with Crippen LogP contribution in [0.5, 0.6) is 0 Å². The van der Waals surface area contributed by atoms with E-state index in [-0.39, 0.29) is 6.54 Å². The number of hydrogen-bond donors (Lipinski definition) is 1. The van der Waals surface area contributed by atoms with Crippen LogP contribution in [0.3, 0.4) is 0 Å². The van der Waals surface area contributed by atoms with Crippen molar-refractivity contribution in [1.29, 1.82) is 0 Å². The maximum absolute atomic E-state index is 10.7. The van der Waals surface area contributed by atoms with Gasteiger partial charge >= 0.3 is 5.97 Å². The van der Waals surface area contributed by atoms with Gasteiger partial charge in [0.15, 0.2) is 0 Å². The Labute approximate surface area is 100 Å². The standard InChI is InChI=1S/C12H17N3O2/c1-2-5-14(8-12(16)17)7-11-6-13-9-15(11)10-3-4-10/h2,6,9-10H,1,3-5,7-8H2,(H,16,17). The fourth-order valence-corrected chi connectivity index (χ4v) is 1.92. The lowest BCUT2D eigenvalue weighted by Crippen LogP contribution is -2.30. The Morgan fingerprint density at radius 3 is 3.06 bits per heavy atom. The Balaban J connectivity index is 2.02. The van der Waals surface area contributed by atoms with Crippen LogP contribution in [-0.4, -0.2) is 38.6 Å². The van der Waals surface area contributed by atoms with E-state index in [4.69, 9.17) is 5.11 Å². The van der Waals surface area contributed by atoms with Crippen LogP contribution in [0.1, 0.15) is 24.6 Å². The minimum Gasteiger partial charge on any atom is -0.480 e. The van der Waals surface area contributed by atoms with Crippen molar-refractivity contribution in [3.8, 4) is 0 Å². The Morgan fingerprint density at radius 1 is 1.71 bits per heavy atom.